The number of carboxylic acid groups (broad SMARTS) is 1. The van der Waals surface area contributed by atoms with Crippen LogP contribution < -0.4 is 0 Å². The Labute approximate surface area is 156 Å². The molecule has 1 aliphatic heterocycles. The smallest absolute Gasteiger partial charge is 0.336 e. The Morgan fingerprint density at radius 1 is 1.41 bits per heavy atom. The summed E-state index contributed by atoms with van der Waals surface area (Å²) in [6.45, 7) is 1.82. The van der Waals surface area contributed by atoms with Gasteiger partial charge in [0.2, 0.25) is 0 Å². The van der Waals surface area contributed by atoms with Crippen molar-refractivity contribution in [3.63, 3.8) is 0 Å². The van der Waals surface area contributed by atoms with Gasteiger partial charge in [-0.2, -0.15) is 4.98 Å². The maximum atomic E-state index is 13.4. The summed E-state index contributed by atoms with van der Waals surface area (Å²) in [4.78, 5) is 18.1. The number of piperidine rings is 1. The number of carbonyl (C=O) groups is 1. The third-order valence-corrected chi connectivity index (χ3v) is 5.52. The van der Waals surface area contributed by atoms with E-state index in [1.807, 2.05) is 0 Å². The number of aromatic carboxylic acids is 1. The number of hydrogen-bond donors (Lipinski definition) is 1. The minimum Gasteiger partial charge on any atom is -0.478 e. The van der Waals surface area contributed by atoms with Crippen molar-refractivity contribution >= 4 is 5.97 Å². The molecular formula is C19H22FN3O4. The fourth-order valence-corrected chi connectivity index (χ4v) is 3.63. The van der Waals surface area contributed by atoms with Crippen molar-refractivity contribution in [2.75, 3.05) is 20.2 Å². The van der Waals surface area contributed by atoms with Crippen LogP contribution in [-0.4, -0.2) is 46.3 Å². The summed E-state index contributed by atoms with van der Waals surface area (Å²) in [6.07, 6.45) is 3.55. The molecule has 1 saturated carbocycles. The maximum Gasteiger partial charge on any atom is 0.336 e. The van der Waals surface area contributed by atoms with Crippen molar-refractivity contribution in [3.05, 3.63) is 46.9 Å². The van der Waals surface area contributed by atoms with Gasteiger partial charge in [0.1, 0.15) is 11.4 Å². The predicted molar refractivity (Wildman–Crippen MR) is 92.8 cm³/mol. The first-order chi connectivity index (χ1) is 13.0. The van der Waals surface area contributed by atoms with Crippen molar-refractivity contribution < 1.29 is 23.6 Å². The molecule has 1 saturated heterocycles. The molecule has 2 aromatic rings. The number of aromatic nitrogens is 2. The number of ether oxygens (including phenoxy) is 1. The quantitative estimate of drug-likeness (QED) is 0.830. The number of methoxy groups -OCH3 is 1. The van der Waals surface area contributed by atoms with E-state index >= 15 is 0 Å². The van der Waals surface area contributed by atoms with Gasteiger partial charge >= 0.3 is 5.97 Å². The standard InChI is InChI=1S/C19H22FN3O4/c1-26-19(18-21-16(22-27-18)12-2-3-12)6-8-23(9-7-19)11-13-4-5-14(20)10-15(13)17(24)25/h4-5,10,12H,2-3,6-9,11H2,1H3,(H,24,25). The average Bonchev–Trinajstić information content (AvgIpc) is 3.40. The molecule has 27 heavy (non-hydrogen) atoms. The number of hydrogen-bond acceptors (Lipinski definition) is 6. The lowest BCUT2D eigenvalue weighted by Crippen LogP contribution is -2.43. The molecule has 0 unspecified atom stereocenters. The van der Waals surface area contributed by atoms with Crippen molar-refractivity contribution in [2.45, 2.75) is 43.7 Å². The van der Waals surface area contributed by atoms with E-state index in [2.05, 4.69) is 15.0 Å². The molecule has 0 spiro atoms. The molecule has 0 radical (unpaired) electrons. The van der Waals surface area contributed by atoms with Gasteiger partial charge in [0.25, 0.3) is 5.89 Å². The van der Waals surface area contributed by atoms with Crippen LogP contribution in [0.4, 0.5) is 4.39 Å². The van der Waals surface area contributed by atoms with Crippen LogP contribution in [0.3, 0.4) is 0 Å². The molecule has 8 heteroatoms. The van der Waals surface area contributed by atoms with Gasteiger partial charge in [-0.1, -0.05) is 11.2 Å². The van der Waals surface area contributed by atoms with Gasteiger partial charge in [0.05, 0.1) is 5.56 Å². The number of benzene rings is 1. The normalized spacial score (nSPS) is 19.9. The van der Waals surface area contributed by atoms with E-state index in [1.165, 1.54) is 12.1 Å². The first-order valence-electron chi connectivity index (χ1n) is 9.14. The summed E-state index contributed by atoms with van der Waals surface area (Å²) >= 11 is 0. The lowest BCUT2D eigenvalue weighted by Gasteiger charge is -2.38. The molecule has 0 amide bonds. The highest BCUT2D eigenvalue weighted by atomic mass is 19.1. The number of carboxylic acids is 1. The molecule has 2 heterocycles. The molecule has 0 bridgehead atoms. The van der Waals surface area contributed by atoms with E-state index in [4.69, 9.17) is 9.26 Å². The summed E-state index contributed by atoms with van der Waals surface area (Å²) in [5, 5.41) is 13.4. The molecule has 144 valence electrons. The third kappa shape index (κ3) is 3.59. The highest BCUT2D eigenvalue weighted by Crippen LogP contribution is 2.41. The Morgan fingerprint density at radius 2 is 2.15 bits per heavy atom. The zero-order chi connectivity index (χ0) is 19.0. The van der Waals surface area contributed by atoms with Crippen LogP contribution in [0.25, 0.3) is 0 Å². The fraction of sp³-hybridized carbons (Fsp3) is 0.526. The molecule has 4 rings (SSSR count). The number of rotatable bonds is 6. The van der Waals surface area contributed by atoms with Crippen LogP contribution in [0.5, 0.6) is 0 Å². The molecular weight excluding hydrogens is 353 g/mol. The first-order valence-corrected chi connectivity index (χ1v) is 9.14. The van der Waals surface area contributed by atoms with Gasteiger partial charge in [-0.15, -0.1) is 0 Å². The van der Waals surface area contributed by atoms with Crippen molar-refractivity contribution in [1.29, 1.82) is 0 Å². The van der Waals surface area contributed by atoms with E-state index in [0.717, 1.165) is 24.7 Å². The Balaban J connectivity index is 1.45. The Hall–Kier alpha value is -2.32. The highest BCUT2D eigenvalue weighted by molar-refractivity contribution is 5.89. The Kier molecular flexibility index (Phi) is 4.69. The first kappa shape index (κ1) is 18.1. The van der Waals surface area contributed by atoms with Crippen molar-refractivity contribution in [3.8, 4) is 0 Å². The molecule has 2 fully saturated rings. The van der Waals surface area contributed by atoms with Crippen molar-refractivity contribution in [2.24, 2.45) is 0 Å². The topological polar surface area (TPSA) is 88.7 Å². The van der Waals surface area contributed by atoms with E-state index < -0.39 is 17.4 Å². The number of nitrogens with zero attached hydrogens (tertiary/aromatic N) is 3. The van der Waals surface area contributed by atoms with Gasteiger partial charge in [0, 0.05) is 32.7 Å². The Morgan fingerprint density at radius 3 is 2.78 bits per heavy atom. The van der Waals surface area contributed by atoms with Gasteiger partial charge < -0.3 is 14.4 Å². The Bertz CT molecular complexity index is 841. The molecule has 7 nitrogen and oxygen atoms in total. The van der Waals surface area contributed by atoms with E-state index in [0.29, 0.717) is 49.8 Å². The number of halogens is 1. The van der Waals surface area contributed by atoms with E-state index in [1.54, 1.807) is 7.11 Å². The second kappa shape index (κ2) is 7.01. The van der Waals surface area contributed by atoms with Gasteiger partial charge in [-0.05, 0) is 43.4 Å². The highest BCUT2D eigenvalue weighted by Gasteiger charge is 2.42. The second-order valence-electron chi connectivity index (χ2n) is 7.31. The molecule has 1 aliphatic carbocycles. The average molecular weight is 375 g/mol. The maximum absolute atomic E-state index is 13.4. The van der Waals surface area contributed by atoms with Gasteiger partial charge in [-0.25, -0.2) is 9.18 Å². The SMILES string of the molecule is COC1(c2nc(C3CC3)no2)CCN(Cc2ccc(F)cc2C(=O)O)CC1. The van der Waals surface area contributed by atoms with E-state index in [9.17, 15) is 14.3 Å². The van der Waals surface area contributed by atoms with Crippen LogP contribution in [0, 0.1) is 5.82 Å². The second-order valence-corrected chi connectivity index (χ2v) is 7.31. The summed E-state index contributed by atoms with van der Waals surface area (Å²) in [7, 11) is 1.65. The third-order valence-electron chi connectivity index (χ3n) is 5.52. The summed E-state index contributed by atoms with van der Waals surface area (Å²) in [5.41, 5.74) is 0.00175. The van der Waals surface area contributed by atoms with Gasteiger partial charge in [-0.3, -0.25) is 4.90 Å². The van der Waals surface area contributed by atoms with Crippen LogP contribution in [0.1, 0.15) is 59.2 Å². The van der Waals surface area contributed by atoms with E-state index in [-0.39, 0.29) is 5.56 Å². The lowest BCUT2D eigenvalue weighted by atomic mass is 9.90. The monoisotopic (exact) mass is 375 g/mol. The fourth-order valence-electron chi connectivity index (χ4n) is 3.63. The minimum absolute atomic E-state index is 0.00422. The van der Waals surface area contributed by atoms with Gasteiger partial charge in [0.15, 0.2) is 5.82 Å². The number of likely N-dealkylation sites (tertiary alicyclic amines) is 1. The van der Waals surface area contributed by atoms with Crippen molar-refractivity contribution in [1.82, 2.24) is 15.0 Å². The zero-order valence-electron chi connectivity index (χ0n) is 15.2. The predicted octanol–water partition coefficient (Wildman–Crippen LogP) is 2.92. The molecule has 0 atom stereocenters. The molecule has 1 aromatic carbocycles. The summed E-state index contributed by atoms with van der Waals surface area (Å²) in [6, 6.07) is 3.90. The summed E-state index contributed by atoms with van der Waals surface area (Å²) < 4.78 is 24.6. The molecule has 1 aromatic heterocycles. The lowest BCUT2D eigenvalue weighted by molar-refractivity contribution is -0.0838. The van der Waals surface area contributed by atoms with Crippen LogP contribution in [0.15, 0.2) is 22.7 Å². The van der Waals surface area contributed by atoms with Crippen LogP contribution >= 0.6 is 0 Å². The molecule has 2 aliphatic rings. The minimum atomic E-state index is -1.12. The largest absolute Gasteiger partial charge is 0.478 e. The zero-order valence-corrected chi connectivity index (χ0v) is 15.2. The van der Waals surface area contributed by atoms with Crippen LogP contribution in [-0.2, 0) is 16.9 Å². The van der Waals surface area contributed by atoms with Crippen LogP contribution in [0.2, 0.25) is 0 Å². The molecule has 1 N–H and O–H groups in total. The summed E-state index contributed by atoms with van der Waals surface area (Å²) in [5.74, 6) is 0.0486.